The Morgan fingerprint density at radius 3 is 2.53 bits per heavy atom. The maximum Gasteiger partial charge on any atom is 0.176 e. The number of nitrogens with one attached hydrogen (secondary N) is 1. The van der Waals surface area contributed by atoms with Gasteiger partial charge in [0.25, 0.3) is 0 Å². The lowest BCUT2D eigenvalue weighted by Gasteiger charge is -2.32. The Morgan fingerprint density at radius 2 is 1.75 bits per heavy atom. The van der Waals surface area contributed by atoms with Crippen LogP contribution in [0.15, 0.2) is 65.4 Å². The molecule has 1 saturated heterocycles. The van der Waals surface area contributed by atoms with Crippen molar-refractivity contribution in [1.82, 2.24) is 19.9 Å². The van der Waals surface area contributed by atoms with E-state index in [-0.39, 0.29) is 5.56 Å². The van der Waals surface area contributed by atoms with Crippen molar-refractivity contribution in [2.24, 2.45) is 0 Å². The van der Waals surface area contributed by atoms with Gasteiger partial charge in [0, 0.05) is 55.7 Å². The normalized spacial score (nSPS) is 15.3. The summed E-state index contributed by atoms with van der Waals surface area (Å²) in [6, 6.07) is 14.5. The molecule has 1 fully saturated rings. The molecule has 3 heterocycles. The summed E-state index contributed by atoms with van der Waals surface area (Å²) >= 11 is 0. The van der Waals surface area contributed by atoms with Crippen LogP contribution in [0.4, 0.5) is 8.78 Å². The Kier molecular flexibility index (Phi) is 5.59. The number of hydrogen-bond acceptors (Lipinski definition) is 4. The number of aromatic amines is 1. The topological polar surface area (TPSA) is 48.3 Å². The van der Waals surface area contributed by atoms with E-state index in [1.54, 1.807) is 6.20 Å². The molecule has 0 unspecified atom stereocenters. The Hall–Kier alpha value is -3.29. The molecule has 0 atom stereocenters. The van der Waals surface area contributed by atoms with Crippen LogP contribution < -0.4 is 0 Å². The molecule has 0 bridgehead atoms. The first-order valence-electron chi connectivity index (χ1n) is 10.7. The van der Waals surface area contributed by atoms with E-state index in [4.69, 9.17) is 4.52 Å². The highest BCUT2D eigenvalue weighted by Gasteiger charge is 2.19. The number of aromatic nitrogens is 2. The zero-order valence-corrected chi connectivity index (χ0v) is 17.8. The van der Waals surface area contributed by atoms with Crippen molar-refractivity contribution < 1.29 is 13.3 Å². The van der Waals surface area contributed by atoms with E-state index in [1.165, 1.54) is 23.9 Å². The first-order chi connectivity index (χ1) is 15.6. The summed E-state index contributed by atoms with van der Waals surface area (Å²) in [6.07, 6.45) is 3.20. The molecule has 0 amide bonds. The van der Waals surface area contributed by atoms with Crippen LogP contribution in [0.2, 0.25) is 0 Å². The molecule has 0 aliphatic carbocycles. The summed E-state index contributed by atoms with van der Waals surface area (Å²) in [5.74, 6) is -1.42. The van der Waals surface area contributed by atoms with Gasteiger partial charge in [-0.15, -0.1) is 0 Å². The van der Waals surface area contributed by atoms with Crippen molar-refractivity contribution in [3.8, 4) is 33.7 Å². The van der Waals surface area contributed by atoms with Crippen molar-refractivity contribution in [2.45, 2.75) is 6.54 Å². The minimum Gasteiger partial charge on any atom is -0.360 e. The second-order valence-corrected chi connectivity index (χ2v) is 8.25. The van der Waals surface area contributed by atoms with Gasteiger partial charge >= 0.3 is 0 Å². The van der Waals surface area contributed by atoms with Crippen molar-refractivity contribution in [3.05, 3.63) is 78.1 Å². The number of hydrogen-bond donors (Lipinski definition) is 1. The predicted molar refractivity (Wildman–Crippen MR) is 120 cm³/mol. The van der Waals surface area contributed by atoms with E-state index >= 15 is 0 Å². The van der Waals surface area contributed by atoms with Crippen LogP contribution in [-0.4, -0.2) is 53.2 Å². The van der Waals surface area contributed by atoms with Crippen molar-refractivity contribution >= 4 is 0 Å². The number of rotatable bonds is 5. The lowest BCUT2D eigenvalue weighted by Crippen LogP contribution is -2.43. The molecule has 164 valence electrons. The van der Waals surface area contributed by atoms with Gasteiger partial charge < -0.3 is 14.4 Å². The number of halogens is 2. The second-order valence-electron chi connectivity index (χ2n) is 8.25. The highest BCUT2D eigenvalue weighted by molar-refractivity contribution is 5.81. The third kappa shape index (κ3) is 4.09. The molecule has 2 aromatic carbocycles. The number of likely N-dealkylation sites (N-methyl/N-ethyl adjacent to an activating group) is 1. The standard InChI is InChI=1S/C25H24F2N4O/c1-30-9-11-31(12-10-30)16-17-5-7-18(8-6-17)23-13-19(14-28-23)25-21(15-29-32-25)20-3-2-4-22(26)24(20)27/h2-8,13-15,28H,9-12,16H2,1H3. The van der Waals surface area contributed by atoms with E-state index in [9.17, 15) is 8.78 Å². The highest BCUT2D eigenvalue weighted by Crippen LogP contribution is 2.35. The largest absolute Gasteiger partial charge is 0.360 e. The fourth-order valence-corrected chi connectivity index (χ4v) is 4.10. The van der Waals surface area contributed by atoms with Crippen molar-refractivity contribution in [3.63, 3.8) is 0 Å². The Morgan fingerprint density at radius 1 is 0.969 bits per heavy atom. The van der Waals surface area contributed by atoms with Crippen LogP contribution in [0.1, 0.15) is 5.56 Å². The van der Waals surface area contributed by atoms with Crippen LogP contribution in [0.5, 0.6) is 0 Å². The molecule has 1 N–H and O–H groups in total. The van der Waals surface area contributed by atoms with E-state index in [1.807, 2.05) is 6.07 Å². The Bertz CT molecular complexity index is 1210. The minimum absolute atomic E-state index is 0.122. The molecule has 1 aliphatic heterocycles. The van der Waals surface area contributed by atoms with Crippen LogP contribution in [0.25, 0.3) is 33.7 Å². The van der Waals surface area contributed by atoms with E-state index < -0.39 is 11.6 Å². The molecule has 0 radical (unpaired) electrons. The highest BCUT2D eigenvalue weighted by atomic mass is 19.2. The predicted octanol–water partition coefficient (Wildman–Crippen LogP) is 5.03. The maximum atomic E-state index is 14.3. The van der Waals surface area contributed by atoms with Gasteiger partial charge in [0.1, 0.15) is 0 Å². The van der Waals surface area contributed by atoms with Gasteiger partial charge in [-0.05, 0) is 30.3 Å². The summed E-state index contributed by atoms with van der Waals surface area (Å²) in [4.78, 5) is 8.07. The fraction of sp³-hybridized carbons (Fsp3) is 0.240. The Labute approximate surface area is 185 Å². The summed E-state index contributed by atoms with van der Waals surface area (Å²) < 4.78 is 33.4. The zero-order chi connectivity index (χ0) is 22.1. The molecule has 0 saturated carbocycles. The molecular weight excluding hydrogens is 410 g/mol. The lowest BCUT2D eigenvalue weighted by molar-refractivity contribution is 0.148. The SMILES string of the molecule is CN1CCN(Cc2ccc(-c3cc(-c4oncc4-c4cccc(F)c4F)c[nH]3)cc2)CC1. The van der Waals surface area contributed by atoms with Crippen LogP contribution in [0.3, 0.4) is 0 Å². The summed E-state index contributed by atoms with van der Waals surface area (Å²) in [7, 11) is 2.16. The zero-order valence-electron chi connectivity index (χ0n) is 17.8. The van der Waals surface area contributed by atoms with E-state index in [0.717, 1.165) is 55.6 Å². The second kappa shape index (κ2) is 8.68. The first-order valence-corrected chi connectivity index (χ1v) is 10.7. The average Bonchev–Trinajstić information content (AvgIpc) is 3.47. The third-order valence-corrected chi connectivity index (χ3v) is 6.02. The molecular formula is C25H24F2N4O. The van der Waals surface area contributed by atoms with Gasteiger partial charge in [-0.3, -0.25) is 4.90 Å². The molecule has 5 nitrogen and oxygen atoms in total. The van der Waals surface area contributed by atoms with E-state index in [2.05, 4.69) is 51.3 Å². The number of benzene rings is 2. The van der Waals surface area contributed by atoms with E-state index in [0.29, 0.717) is 11.3 Å². The third-order valence-electron chi connectivity index (χ3n) is 6.02. The van der Waals surface area contributed by atoms with Gasteiger partial charge in [0.05, 0.1) is 11.8 Å². The number of H-pyrrole nitrogens is 1. The number of piperazine rings is 1. The van der Waals surface area contributed by atoms with Gasteiger partial charge in [0.2, 0.25) is 0 Å². The monoisotopic (exact) mass is 434 g/mol. The average molecular weight is 434 g/mol. The maximum absolute atomic E-state index is 14.3. The number of nitrogens with zero attached hydrogens (tertiary/aromatic N) is 3. The van der Waals surface area contributed by atoms with Crippen LogP contribution >= 0.6 is 0 Å². The molecule has 5 rings (SSSR count). The summed E-state index contributed by atoms with van der Waals surface area (Å²) in [5, 5.41) is 3.81. The first kappa shape index (κ1) is 20.6. The summed E-state index contributed by atoms with van der Waals surface area (Å²) in [6.45, 7) is 5.33. The van der Waals surface area contributed by atoms with Gasteiger partial charge in [0.15, 0.2) is 17.4 Å². The Balaban J connectivity index is 1.35. The molecule has 4 aromatic rings. The smallest absolute Gasteiger partial charge is 0.176 e. The van der Waals surface area contributed by atoms with Gasteiger partial charge in [-0.1, -0.05) is 41.6 Å². The molecule has 7 heteroatoms. The quantitative estimate of drug-likeness (QED) is 0.479. The van der Waals surface area contributed by atoms with Gasteiger partial charge in [-0.2, -0.15) is 0 Å². The molecule has 0 spiro atoms. The lowest BCUT2D eigenvalue weighted by atomic mass is 10.0. The van der Waals surface area contributed by atoms with Gasteiger partial charge in [-0.25, -0.2) is 8.78 Å². The summed E-state index contributed by atoms with van der Waals surface area (Å²) in [5.41, 5.74) is 4.48. The fourth-order valence-electron chi connectivity index (χ4n) is 4.10. The van der Waals surface area contributed by atoms with Crippen molar-refractivity contribution in [2.75, 3.05) is 33.2 Å². The van der Waals surface area contributed by atoms with Crippen LogP contribution in [-0.2, 0) is 6.54 Å². The molecule has 1 aliphatic rings. The molecule has 2 aromatic heterocycles. The minimum atomic E-state index is -0.913. The van der Waals surface area contributed by atoms with Crippen molar-refractivity contribution in [1.29, 1.82) is 0 Å². The van der Waals surface area contributed by atoms with Crippen LogP contribution in [0, 0.1) is 11.6 Å². The molecule has 32 heavy (non-hydrogen) atoms.